The van der Waals surface area contributed by atoms with E-state index in [1.54, 1.807) is 0 Å². The number of aldehydes is 1. The van der Waals surface area contributed by atoms with Gasteiger partial charge in [0.1, 0.15) is 6.29 Å². The molecule has 0 heterocycles. The summed E-state index contributed by atoms with van der Waals surface area (Å²) in [5.41, 5.74) is 0. The summed E-state index contributed by atoms with van der Waals surface area (Å²) in [4.78, 5) is 9.89. The van der Waals surface area contributed by atoms with Crippen molar-refractivity contribution in [1.82, 2.24) is 0 Å². The van der Waals surface area contributed by atoms with Gasteiger partial charge in [-0.15, -0.1) is 0 Å². The van der Waals surface area contributed by atoms with E-state index in [4.69, 9.17) is 0 Å². The molecule has 0 aliphatic carbocycles. The first-order valence-corrected chi connectivity index (χ1v) is 4.35. The number of unbranched alkanes of at least 4 members (excludes halogenated alkanes) is 6. The van der Waals surface area contributed by atoms with Crippen LogP contribution in [0.25, 0.3) is 0 Å². The summed E-state index contributed by atoms with van der Waals surface area (Å²) in [6.07, 6.45) is 9.39. The Morgan fingerprint density at radius 2 is 1.55 bits per heavy atom. The zero-order valence-corrected chi connectivity index (χ0v) is 10.3. The Balaban J connectivity index is 0. The van der Waals surface area contributed by atoms with Gasteiger partial charge in [-0.1, -0.05) is 39.0 Å². The van der Waals surface area contributed by atoms with Crippen LogP contribution < -0.4 is 0 Å². The van der Waals surface area contributed by atoms with Crippen molar-refractivity contribution in [2.24, 2.45) is 0 Å². The second kappa shape index (κ2) is 13.0. The molecule has 2 heteroatoms. The van der Waals surface area contributed by atoms with Crippen molar-refractivity contribution in [2.45, 2.75) is 51.9 Å². The van der Waals surface area contributed by atoms with E-state index in [1.165, 1.54) is 32.1 Å². The van der Waals surface area contributed by atoms with E-state index >= 15 is 0 Å². The van der Waals surface area contributed by atoms with Crippen molar-refractivity contribution >= 4 is 6.29 Å². The SMILES string of the molecule is CCCCCCCCC=O.[W]. The smallest absolute Gasteiger partial charge is 0.119 e. The minimum Gasteiger partial charge on any atom is -0.303 e. The van der Waals surface area contributed by atoms with Crippen LogP contribution in [0.1, 0.15) is 51.9 Å². The third-order valence-corrected chi connectivity index (χ3v) is 1.68. The average molecular weight is 326 g/mol. The molecule has 0 atom stereocenters. The predicted octanol–water partition coefficient (Wildman–Crippen LogP) is 2.93. The van der Waals surface area contributed by atoms with Gasteiger partial charge in [0, 0.05) is 27.5 Å². The monoisotopic (exact) mass is 326 g/mol. The summed E-state index contributed by atoms with van der Waals surface area (Å²) in [6.45, 7) is 2.21. The summed E-state index contributed by atoms with van der Waals surface area (Å²) in [7, 11) is 0. The van der Waals surface area contributed by atoms with Crippen LogP contribution in [0.2, 0.25) is 0 Å². The standard InChI is InChI=1S/C9H18O.W/c1-2-3-4-5-6-7-8-9-10;/h9H,2-8H2,1H3;. The Morgan fingerprint density at radius 3 is 2.09 bits per heavy atom. The minimum absolute atomic E-state index is 0. The van der Waals surface area contributed by atoms with Crippen LogP contribution in [-0.2, 0) is 25.9 Å². The van der Waals surface area contributed by atoms with Gasteiger partial charge in [0.05, 0.1) is 0 Å². The molecule has 0 fully saturated rings. The molecule has 0 saturated heterocycles. The van der Waals surface area contributed by atoms with Crippen LogP contribution in [0, 0.1) is 0 Å². The van der Waals surface area contributed by atoms with Crippen LogP contribution in [0.15, 0.2) is 0 Å². The molecule has 0 aromatic heterocycles. The van der Waals surface area contributed by atoms with Crippen LogP contribution in [-0.4, -0.2) is 6.29 Å². The van der Waals surface area contributed by atoms with Gasteiger partial charge in [-0.05, 0) is 6.42 Å². The van der Waals surface area contributed by atoms with Gasteiger partial charge in [0.15, 0.2) is 0 Å². The van der Waals surface area contributed by atoms with E-state index in [9.17, 15) is 4.79 Å². The second-order valence-electron chi connectivity index (χ2n) is 2.72. The Hall–Kier alpha value is 0.358. The fourth-order valence-corrected chi connectivity index (χ4v) is 1.01. The Kier molecular flexibility index (Phi) is 16.4. The molecule has 0 aliphatic heterocycles. The van der Waals surface area contributed by atoms with Crippen molar-refractivity contribution in [3.05, 3.63) is 0 Å². The molecule has 0 N–H and O–H groups in total. The zero-order valence-electron chi connectivity index (χ0n) is 7.34. The first kappa shape index (κ1) is 13.9. The van der Waals surface area contributed by atoms with E-state index in [1.807, 2.05) is 0 Å². The second-order valence-corrected chi connectivity index (χ2v) is 2.72. The van der Waals surface area contributed by atoms with Crippen molar-refractivity contribution in [2.75, 3.05) is 0 Å². The third-order valence-electron chi connectivity index (χ3n) is 1.68. The van der Waals surface area contributed by atoms with Gasteiger partial charge in [0.25, 0.3) is 0 Å². The molecule has 1 nitrogen and oxygen atoms in total. The molecule has 0 saturated carbocycles. The molecule has 0 unspecified atom stereocenters. The maximum Gasteiger partial charge on any atom is 0.119 e. The molecule has 0 aromatic rings. The molecule has 0 radical (unpaired) electrons. The van der Waals surface area contributed by atoms with Crippen LogP contribution in [0.4, 0.5) is 0 Å². The molecule has 66 valence electrons. The molecular formula is C9H18OW. The van der Waals surface area contributed by atoms with Crippen LogP contribution >= 0.6 is 0 Å². The maximum atomic E-state index is 9.89. The molecule has 0 bridgehead atoms. The number of carbonyl (C=O) groups excluding carboxylic acids is 1. The number of carbonyl (C=O) groups is 1. The maximum absolute atomic E-state index is 9.89. The van der Waals surface area contributed by atoms with Gasteiger partial charge in [-0.2, -0.15) is 0 Å². The van der Waals surface area contributed by atoms with Crippen molar-refractivity contribution < 1.29 is 25.9 Å². The Morgan fingerprint density at radius 1 is 1.00 bits per heavy atom. The topological polar surface area (TPSA) is 17.1 Å². The summed E-state index contributed by atoms with van der Waals surface area (Å²) >= 11 is 0. The van der Waals surface area contributed by atoms with E-state index in [0.29, 0.717) is 0 Å². The van der Waals surface area contributed by atoms with E-state index in [2.05, 4.69) is 6.92 Å². The van der Waals surface area contributed by atoms with Crippen LogP contribution in [0.5, 0.6) is 0 Å². The van der Waals surface area contributed by atoms with Gasteiger partial charge >= 0.3 is 0 Å². The molecule has 0 rings (SSSR count). The molecule has 0 spiro atoms. The Labute approximate surface area is 84.2 Å². The minimum atomic E-state index is 0. The van der Waals surface area contributed by atoms with Gasteiger partial charge < -0.3 is 4.79 Å². The van der Waals surface area contributed by atoms with Gasteiger partial charge in [0.2, 0.25) is 0 Å². The zero-order chi connectivity index (χ0) is 7.66. The number of rotatable bonds is 7. The summed E-state index contributed by atoms with van der Waals surface area (Å²) in [5.74, 6) is 0. The van der Waals surface area contributed by atoms with E-state index in [0.717, 1.165) is 19.1 Å². The first-order valence-electron chi connectivity index (χ1n) is 4.35. The summed E-state index contributed by atoms with van der Waals surface area (Å²) in [5, 5.41) is 0. The summed E-state index contributed by atoms with van der Waals surface area (Å²) < 4.78 is 0. The fraction of sp³-hybridized carbons (Fsp3) is 0.889. The van der Waals surface area contributed by atoms with Crippen LogP contribution in [0.3, 0.4) is 0 Å². The molecule has 11 heavy (non-hydrogen) atoms. The van der Waals surface area contributed by atoms with Crippen molar-refractivity contribution in [1.29, 1.82) is 0 Å². The first-order chi connectivity index (χ1) is 4.91. The van der Waals surface area contributed by atoms with Gasteiger partial charge in [-0.25, -0.2) is 0 Å². The predicted molar refractivity (Wildman–Crippen MR) is 44.1 cm³/mol. The van der Waals surface area contributed by atoms with Gasteiger partial charge in [-0.3, -0.25) is 0 Å². The van der Waals surface area contributed by atoms with E-state index < -0.39 is 0 Å². The Bertz CT molecular complexity index is 74.0. The third kappa shape index (κ3) is 13.4. The molecule has 0 amide bonds. The quantitative estimate of drug-likeness (QED) is 0.519. The molecular weight excluding hydrogens is 308 g/mol. The largest absolute Gasteiger partial charge is 0.303 e. The summed E-state index contributed by atoms with van der Waals surface area (Å²) in [6, 6.07) is 0. The fourth-order valence-electron chi connectivity index (χ4n) is 1.01. The molecule has 0 aromatic carbocycles. The van der Waals surface area contributed by atoms with Crippen molar-refractivity contribution in [3.63, 3.8) is 0 Å². The number of hydrogen-bond acceptors (Lipinski definition) is 1. The molecule has 0 aliphatic rings. The normalized spacial score (nSPS) is 8.82. The van der Waals surface area contributed by atoms with E-state index in [-0.39, 0.29) is 21.1 Å². The average Bonchev–Trinajstić information content (AvgIpc) is 1.97. The van der Waals surface area contributed by atoms with Crippen molar-refractivity contribution in [3.8, 4) is 0 Å². The number of hydrogen-bond donors (Lipinski definition) is 0.